The predicted octanol–water partition coefficient (Wildman–Crippen LogP) is 3.00. The molecule has 3 rings (SSSR count). The molecule has 2 fully saturated rings. The third kappa shape index (κ3) is 3.98. The fraction of sp³-hybridized carbons (Fsp3) is 0.667. The largest absolute Gasteiger partial charge is 0.495 e. The van der Waals surface area contributed by atoms with E-state index < -0.39 is 0 Å². The molecule has 0 radical (unpaired) electrons. The van der Waals surface area contributed by atoms with E-state index in [1.807, 2.05) is 12.1 Å². The first-order valence-electron chi connectivity index (χ1n) is 10.1. The van der Waals surface area contributed by atoms with Gasteiger partial charge in [0.05, 0.1) is 18.8 Å². The summed E-state index contributed by atoms with van der Waals surface area (Å²) in [5.74, 6) is 1.24. The van der Waals surface area contributed by atoms with Gasteiger partial charge in [0.15, 0.2) is 0 Å². The van der Waals surface area contributed by atoms with E-state index in [2.05, 4.69) is 40.7 Å². The minimum absolute atomic E-state index is 0.0260. The van der Waals surface area contributed by atoms with E-state index in [-0.39, 0.29) is 6.04 Å². The van der Waals surface area contributed by atoms with Gasteiger partial charge in [0, 0.05) is 38.8 Å². The standard InChI is InChI=1S/C21H33N3O2/c1-4-18-9-7-8-12-24(18)21(25)17(2)22-13-15-23(16-14-22)19-10-5-6-11-20(19)26-3/h5-6,10-11,17-18H,4,7-9,12-16H2,1-3H3. The van der Waals surface area contributed by atoms with Crippen molar-refractivity contribution in [3.05, 3.63) is 24.3 Å². The number of methoxy groups -OCH3 is 1. The second-order valence-corrected chi connectivity index (χ2v) is 7.46. The van der Waals surface area contributed by atoms with Crippen LogP contribution < -0.4 is 9.64 Å². The maximum atomic E-state index is 13.1. The Labute approximate surface area is 157 Å². The maximum Gasteiger partial charge on any atom is 0.239 e. The number of carbonyl (C=O) groups is 1. The van der Waals surface area contributed by atoms with Crippen LogP contribution in [-0.4, -0.2) is 67.6 Å². The molecule has 1 aromatic rings. The molecule has 0 N–H and O–H groups in total. The molecule has 2 aliphatic heterocycles. The molecule has 144 valence electrons. The molecule has 2 saturated heterocycles. The second-order valence-electron chi connectivity index (χ2n) is 7.46. The summed E-state index contributed by atoms with van der Waals surface area (Å²) in [6.07, 6.45) is 4.64. The van der Waals surface area contributed by atoms with Gasteiger partial charge in [-0.1, -0.05) is 19.1 Å². The molecule has 1 aromatic carbocycles. The van der Waals surface area contributed by atoms with E-state index in [1.165, 1.54) is 6.42 Å². The Kier molecular flexibility index (Phi) is 6.41. The van der Waals surface area contributed by atoms with Gasteiger partial charge in [0.1, 0.15) is 5.75 Å². The van der Waals surface area contributed by atoms with Crippen LogP contribution in [0.15, 0.2) is 24.3 Å². The van der Waals surface area contributed by atoms with Gasteiger partial charge in [-0.15, -0.1) is 0 Å². The van der Waals surface area contributed by atoms with E-state index in [9.17, 15) is 4.79 Å². The quantitative estimate of drug-likeness (QED) is 0.810. The van der Waals surface area contributed by atoms with Crippen LogP contribution in [0.5, 0.6) is 5.75 Å². The minimum Gasteiger partial charge on any atom is -0.495 e. The molecule has 5 heteroatoms. The molecule has 26 heavy (non-hydrogen) atoms. The van der Waals surface area contributed by atoms with Crippen molar-refractivity contribution >= 4 is 11.6 Å². The van der Waals surface area contributed by atoms with Crippen molar-refractivity contribution in [1.29, 1.82) is 0 Å². The summed E-state index contributed by atoms with van der Waals surface area (Å²) in [7, 11) is 1.72. The number of carbonyl (C=O) groups excluding carboxylic acids is 1. The first-order valence-corrected chi connectivity index (χ1v) is 10.1. The van der Waals surface area contributed by atoms with E-state index in [0.29, 0.717) is 11.9 Å². The van der Waals surface area contributed by atoms with Crippen LogP contribution in [-0.2, 0) is 4.79 Å². The van der Waals surface area contributed by atoms with Gasteiger partial charge in [0.25, 0.3) is 0 Å². The van der Waals surface area contributed by atoms with Gasteiger partial charge in [-0.3, -0.25) is 9.69 Å². The number of ether oxygens (including phenoxy) is 1. The van der Waals surface area contributed by atoms with Crippen LogP contribution in [0.1, 0.15) is 39.5 Å². The topological polar surface area (TPSA) is 36.0 Å². The number of hydrogen-bond acceptors (Lipinski definition) is 4. The van der Waals surface area contributed by atoms with Gasteiger partial charge in [-0.25, -0.2) is 0 Å². The SMILES string of the molecule is CCC1CCCCN1C(=O)C(C)N1CCN(c2ccccc2OC)CC1. The summed E-state index contributed by atoms with van der Waals surface area (Å²) in [6, 6.07) is 8.59. The summed E-state index contributed by atoms with van der Waals surface area (Å²) in [5.41, 5.74) is 1.15. The van der Waals surface area contributed by atoms with E-state index >= 15 is 0 Å². The van der Waals surface area contributed by atoms with Crippen molar-refractivity contribution in [1.82, 2.24) is 9.80 Å². The van der Waals surface area contributed by atoms with Crippen molar-refractivity contribution in [3.63, 3.8) is 0 Å². The van der Waals surface area contributed by atoms with Gasteiger partial charge < -0.3 is 14.5 Å². The molecule has 0 bridgehead atoms. The van der Waals surface area contributed by atoms with Gasteiger partial charge in [-0.05, 0) is 44.7 Å². The van der Waals surface area contributed by atoms with Crippen LogP contribution in [0.25, 0.3) is 0 Å². The number of anilines is 1. The molecule has 2 heterocycles. The lowest BCUT2D eigenvalue weighted by atomic mass is 9.99. The van der Waals surface area contributed by atoms with Crippen LogP contribution in [0.4, 0.5) is 5.69 Å². The second kappa shape index (κ2) is 8.76. The van der Waals surface area contributed by atoms with E-state index in [4.69, 9.17) is 4.74 Å². The highest BCUT2D eigenvalue weighted by atomic mass is 16.5. The molecule has 0 aromatic heterocycles. The lowest BCUT2D eigenvalue weighted by Gasteiger charge is -2.42. The summed E-state index contributed by atoms with van der Waals surface area (Å²) in [5, 5.41) is 0. The average molecular weight is 360 g/mol. The van der Waals surface area contributed by atoms with E-state index in [1.54, 1.807) is 7.11 Å². The highest BCUT2D eigenvalue weighted by Crippen LogP contribution is 2.29. The third-order valence-electron chi connectivity index (χ3n) is 6.03. The molecule has 2 unspecified atom stereocenters. The zero-order valence-electron chi connectivity index (χ0n) is 16.5. The minimum atomic E-state index is -0.0260. The average Bonchev–Trinajstić information content (AvgIpc) is 2.72. The number of hydrogen-bond donors (Lipinski definition) is 0. The van der Waals surface area contributed by atoms with Crippen LogP contribution >= 0.6 is 0 Å². The van der Waals surface area contributed by atoms with E-state index in [0.717, 1.165) is 63.4 Å². The Morgan fingerprint density at radius 3 is 2.58 bits per heavy atom. The number of piperidine rings is 1. The summed E-state index contributed by atoms with van der Waals surface area (Å²) in [4.78, 5) is 19.9. The molecular formula is C21H33N3O2. The highest BCUT2D eigenvalue weighted by molar-refractivity contribution is 5.82. The Morgan fingerprint density at radius 2 is 1.88 bits per heavy atom. The zero-order chi connectivity index (χ0) is 18.5. The van der Waals surface area contributed by atoms with Crippen molar-refractivity contribution in [2.75, 3.05) is 44.7 Å². The lowest BCUT2D eigenvalue weighted by Crippen LogP contribution is -2.56. The third-order valence-corrected chi connectivity index (χ3v) is 6.03. The number of rotatable bonds is 5. The number of para-hydroxylation sites is 2. The summed E-state index contributed by atoms with van der Waals surface area (Å²) in [6.45, 7) is 8.90. The fourth-order valence-corrected chi connectivity index (χ4v) is 4.35. The number of likely N-dealkylation sites (tertiary alicyclic amines) is 1. The van der Waals surface area contributed by atoms with Crippen molar-refractivity contribution in [2.24, 2.45) is 0 Å². The molecule has 1 amide bonds. The van der Waals surface area contributed by atoms with Gasteiger partial charge >= 0.3 is 0 Å². The molecule has 0 spiro atoms. The van der Waals surface area contributed by atoms with Crippen molar-refractivity contribution < 1.29 is 9.53 Å². The molecular weight excluding hydrogens is 326 g/mol. The Bertz CT molecular complexity index is 599. The Balaban J connectivity index is 1.59. The monoisotopic (exact) mass is 359 g/mol. The smallest absolute Gasteiger partial charge is 0.239 e. The maximum absolute atomic E-state index is 13.1. The number of benzene rings is 1. The van der Waals surface area contributed by atoms with Crippen LogP contribution in [0, 0.1) is 0 Å². The normalized spacial score (nSPS) is 23.0. The number of amides is 1. The molecule has 2 aliphatic rings. The highest BCUT2D eigenvalue weighted by Gasteiger charge is 2.33. The van der Waals surface area contributed by atoms with Crippen molar-refractivity contribution in [2.45, 2.75) is 51.6 Å². The zero-order valence-corrected chi connectivity index (χ0v) is 16.5. The Hall–Kier alpha value is -1.75. The van der Waals surface area contributed by atoms with Crippen molar-refractivity contribution in [3.8, 4) is 5.75 Å². The predicted molar refractivity (Wildman–Crippen MR) is 106 cm³/mol. The molecule has 0 aliphatic carbocycles. The van der Waals surface area contributed by atoms with Gasteiger partial charge in [-0.2, -0.15) is 0 Å². The Morgan fingerprint density at radius 1 is 1.15 bits per heavy atom. The summed E-state index contributed by atoms with van der Waals surface area (Å²) >= 11 is 0. The number of nitrogens with zero attached hydrogens (tertiary/aromatic N) is 3. The lowest BCUT2D eigenvalue weighted by molar-refractivity contribution is -0.140. The molecule has 2 atom stereocenters. The van der Waals surface area contributed by atoms with Gasteiger partial charge in [0.2, 0.25) is 5.91 Å². The van der Waals surface area contributed by atoms with Crippen LogP contribution in [0.2, 0.25) is 0 Å². The van der Waals surface area contributed by atoms with Crippen LogP contribution in [0.3, 0.4) is 0 Å². The first-order chi connectivity index (χ1) is 12.7. The first kappa shape index (κ1) is 19.0. The number of piperazine rings is 1. The molecule has 5 nitrogen and oxygen atoms in total. The summed E-state index contributed by atoms with van der Waals surface area (Å²) < 4.78 is 5.50. The fourth-order valence-electron chi connectivity index (χ4n) is 4.35. The molecule has 0 saturated carbocycles.